The van der Waals surface area contributed by atoms with Gasteiger partial charge in [0.25, 0.3) is 0 Å². The van der Waals surface area contributed by atoms with Crippen LogP contribution in [0.1, 0.15) is 5.56 Å². The molecule has 1 aliphatic heterocycles. The third-order valence-corrected chi connectivity index (χ3v) is 3.23. The number of carbonyl (C=O) groups is 1. The summed E-state index contributed by atoms with van der Waals surface area (Å²) in [5, 5.41) is 7.95. The summed E-state index contributed by atoms with van der Waals surface area (Å²) in [5.41, 5.74) is 0.936. The molecule has 1 aliphatic rings. The van der Waals surface area contributed by atoms with E-state index in [1.165, 1.54) is 0 Å². The minimum absolute atomic E-state index is 0.828. The van der Waals surface area contributed by atoms with Crippen molar-refractivity contribution in [2.75, 3.05) is 0 Å². The Balaban J connectivity index is 2.49. The molecule has 4 heteroatoms. The highest BCUT2D eigenvalue weighted by Crippen LogP contribution is 2.43. The minimum atomic E-state index is -1.33. The van der Waals surface area contributed by atoms with Crippen molar-refractivity contribution < 1.29 is 9.90 Å². The van der Waals surface area contributed by atoms with Gasteiger partial charge in [0, 0.05) is 16.7 Å². The minimum Gasteiger partial charge on any atom is -0.473 e. The van der Waals surface area contributed by atoms with Crippen molar-refractivity contribution in [3.8, 4) is 0 Å². The first-order valence-electron chi connectivity index (χ1n) is 3.45. The normalized spacial score (nSPS) is 22.2. The van der Waals surface area contributed by atoms with E-state index in [-0.39, 0.29) is 0 Å². The first-order chi connectivity index (χ1) is 5.79. The lowest BCUT2D eigenvalue weighted by atomic mass is 10.2. The summed E-state index contributed by atoms with van der Waals surface area (Å²) in [7, 11) is 0. The van der Waals surface area contributed by atoms with E-state index in [0.717, 1.165) is 10.5 Å². The molecule has 62 valence electrons. The highest BCUT2D eigenvalue weighted by atomic mass is 32.2. The number of thiol groups is 1. The predicted molar refractivity (Wildman–Crippen MR) is 49.3 cm³/mol. The molecule has 0 aromatic heterocycles. The number of nitrogens with zero attached hydrogens (tertiary/aromatic N) is 1. The number of rotatable bonds is 0. The number of benzene rings is 1. The van der Waals surface area contributed by atoms with Crippen LogP contribution in [0.5, 0.6) is 0 Å². The highest BCUT2D eigenvalue weighted by molar-refractivity contribution is 8.28. The maximum absolute atomic E-state index is 10.7. The predicted octanol–water partition coefficient (Wildman–Crippen LogP) is 2.07. The second-order valence-corrected chi connectivity index (χ2v) is 4.12. The Morgan fingerprint density at radius 3 is 2.92 bits per heavy atom. The van der Waals surface area contributed by atoms with Crippen LogP contribution in [-0.4, -0.2) is 16.6 Å². The van der Waals surface area contributed by atoms with Crippen LogP contribution >= 0.6 is 11.1 Å². The zero-order valence-electron chi connectivity index (χ0n) is 6.14. The van der Waals surface area contributed by atoms with Crippen LogP contribution in [0.15, 0.2) is 33.6 Å². The molecule has 12 heavy (non-hydrogen) atoms. The van der Waals surface area contributed by atoms with E-state index in [4.69, 9.17) is 5.11 Å². The molecule has 1 N–H and O–H groups in total. The molecular formula is C8H7NO2S. The Morgan fingerprint density at radius 1 is 1.42 bits per heavy atom. The summed E-state index contributed by atoms with van der Waals surface area (Å²) in [5.74, 6) is 0. The summed E-state index contributed by atoms with van der Waals surface area (Å²) in [6.45, 7) is 0. The molecule has 0 amide bonds. The quantitative estimate of drug-likeness (QED) is 0.602. The lowest BCUT2D eigenvalue weighted by Gasteiger charge is -2.06. The van der Waals surface area contributed by atoms with Crippen molar-refractivity contribution >= 4 is 22.6 Å². The molecule has 0 fully saturated rings. The maximum atomic E-state index is 10.7. The monoisotopic (exact) mass is 181 g/mol. The van der Waals surface area contributed by atoms with E-state index in [2.05, 4.69) is 4.40 Å². The third-order valence-electron chi connectivity index (χ3n) is 1.66. The Hall–Kier alpha value is -1.29. The molecule has 0 saturated carbocycles. The molecule has 1 aromatic rings. The second-order valence-electron chi connectivity index (χ2n) is 2.40. The van der Waals surface area contributed by atoms with Gasteiger partial charge in [-0.25, -0.2) is 9.19 Å². The largest absolute Gasteiger partial charge is 0.473 e. The van der Waals surface area contributed by atoms with Crippen LogP contribution < -0.4 is 0 Å². The number of hydrogen-bond donors (Lipinski definition) is 2. The topological polar surface area (TPSA) is 49.7 Å². The van der Waals surface area contributed by atoms with E-state index in [0.29, 0.717) is 0 Å². The molecule has 1 atom stereocenters. The van der Waals surface area contributed by atoms with Gasteiger partial charge in [-0.3, -0.25) is 0 Å². The molecule has 1 heterocycles. The van der Waals surface area contributed by atoms with Crippen LogP contribution in [0.25, 0.3) is 0 Å². The molecule has 1 aromatic carbocycles. The van der Waals surface area contributed by atoms with Crippen molar-refractivity contribution in [1.82, 2.24) is 0 Å². The van der Waals surface area contributed by atoms with E-state index in [9.17, 15) is 4.79 Å². The van der Waals surface area contributed by atoms with E-state index in [1.54, 1.807) is 6.21 Å². The zero-order valence-corrected chi connectivity index (χ0v) is 7.03. The van der Waals surface area contributed by atoms with E-state index >= 15 is 0 Å². The number of hydrogen-bond acceptors (Lipinski definition) is 2. The standard InChI is InChI=1S/C8H7NO2S/c10-8(11)12-7-4-2-1-3-6(7)5-9-12/h1-5,12H,(H,10,11). The van der Waals surface area contributed by atoms with Gasteiger partial charge in [-0.05, 0) is 17.1 Å². The van der Waals surface area contributed by atoms with Gasteiger partial charge in [0.05, 0.1) is 0 Å². The average molecular weight is 181 g/mol. The third kappa shape index (κ3) is 1.00. The van der Waals surface area contributed by atoms with Crippen molar-refractivity contribution in [1.29, 1.82) is 0 Å². The van der Waals surface area contributed by atoms with Gasteiger partial charge < -0.3 is 5.11 Å². The van der Waals surface area contributed by atoms with Gasteiger partial charge in [-0.2, -0.15) is 0 Å². The molecule has 0 saturated heterocycles. The highest BCUT2D eigenvalue weighted by Gasteiger charge is 2.20. The lowest BCUT2D eigenvalue weighted by Crippen LogP contribution is -1.90. The molecule has 0 spiro atoms. The Labute approximate surface area is 72.2 Å². The molecule has 0 radical (unpaired) electrons. The fraction of sp³-hybridized carbons (Fsp3) is 0. The molecule has 3 nitrogen and oxygen atoms in total. The van der Waals surface area contributed by atoms with Crippen LogP contribution in [0.2, 0.25) is 0 Å². The lowest BCUT2D eigenvalue weighted by molar-refractivity contribution is 0.221. The van der Waals surface area contributed by atoms with Crippen molar-refractivity contribution in [2.24, 2.45) is 4.40 Å². The van der Waals surface area contributed by atoms with Crippen LogP contribution in [0.4, 0.5) is 4.79 Å². The summed E-state index contributed by atoms with van der Waals surface area (Å²) in [6.07, 6.45) is 1.63. The van der Waals surface area contributed by atoms with Crippen LogP contribution in [-0.2, 0) is 0 Å². The molecule has 1 unspecified atom stereocenters. The van der Waals surface area contributed by atoms with Gasteiger partial charge in [-0.1, -0.05) is 18.2 Å². The Kier molecular flexibility index (Phi) is 1.62. The summed E-state index contributed by atoms with van der Waals surface area (Å²) >= 11 is -1.33. The molecule has 0 bridgehead atoms. The first-order valence-corrected chi connectivity index (χ1v) is 4.74. The second kappa shape index (κ2) is 2.64. The first kappa shape index (κ1) is 7.36. The van der Waals surface area contributed by atoms with Gasteiger partial charge in [0.2, 0.25) is 0 Å². The van der Waals surface area contributed by atoms with E-state index < -0.39 is 16.4 Å². The van der Waals surface area contributed by atoms with Crippen molar-refractivity contribution in [3.05, 3.63) is 29.8 Å². The van der Waals surface area contributed by atoms with Gasteiger partial charge >= 0.3 is 5.30 Å². The zero-order chi connectivity index (χ0) is 8.55. The fourth-order valence-electron chi connectivity index (χ4n) is 1.12. The van der Waals surface area contributed by atoms with Gasteiger partial charge in [0.1, 0.15) is 0 Å². The van der Waals surface area contributed by atoms with Crippen LogP contribution in [0, 0.1) is 0 Å². The maximum Gasteiger partial charge on any atom is 0.367 e. The van der Waals surface area contributed by atoms with Gasteiger partial charge in [0.15, 0.2) is 0 Å². The van der Waals surface area contributed by atoms with Crippen LogP contribution in [0.3, 0.4) is 0 Å². The van der Waals surface area contributed by atoms with Crippen molar-refractivity contribution in [2.45, 2.75) is 4.90 Å². The Morgan fingerprint density at radius 2 is 2.17 bits per heavy atom. The summed E-state index contributed by atoms with van der Waals surface area (Å²) in [4.78, 5) is 11.5. The van der Waals surface area contributed by atoms with Crippen molar-refractivity contribution in [3.63, 3.8) is 0 Å². The van der Waals surface area contributed by atoms with E-state index in [1.807, 2.05) is 24.3 Å². The molecule has 2 rings (SSSR count). The SMILES string of the molecule is O=C(O)[SH]1N=Cc2ccccc21. The smallest absolute Gasteiger partial charge is 0.367 e. The molecule has 0 aliphatic carbocycles. The Bertz CT molecular complexity index is 362. The summed E-state index contributed by atoms with van der Waals surface area (Å²) < 4.78 is 3.94. The fourth-order valence-corrected chi connectivity index (χ4v) is 2.40. The summed E-state index contributed by atoms with van der Waals surface area (Å²) in [6, 6.07) is 7.42. The number of fused-ring (bicyclic) bond motifs is 1. The van der Waals surface area contributed by atoms with Gasteiger partial charge in [-0.15, -0.1) is 0 Å². The number of carboxylic acid groups (broad SMARTS) is 1. The molecular weight excluding hydrogens is 174 g/mol. The average Bonchev–Trinajstić information content (AvgIpc) is 2.47.